The number of benzene rings is 1. The maximum Gasteiger partial charge on any atom is 0.223 e. The van der Waals surface area contributed by atoms with E-state index in [1.807, 2.05) is 43.3 Å². The molecule has 9 heteroatoms. The molecule has 1 aliphatic rings. The van der Waals surface area contributed by atoms with Crippen LogP contribution < -0.4 is 11.1 Å². The number of likely N-dealkylation sites (tertiary alicyclic amines) is 1. The van der Waals surface area contributed by atoms with E-state index in [0.29, 0.717) is 19.4 Å². The standard InChI is InChI=1S/C12H12N2OS.C9H17NOS.C2H5NO/c1-9-12(16-8-14-9)11-4-2-10(3-5-11)6-13-7-15;1-9(2,12)7-8(11)10-5-3-4-6-10;1-2(3)4/h2-5,7-8H,6H2,1H3,(H,13,15);12H,3-7H2,1-2H3;1H3,(H2,3,4). The molecule has 1 aromatic heterocycles. The third kappa shape index (κ3) is 11.3. The van der Waals surface area contributed by atoms with Gasteiger partial charge in [-0.05, 0) is 30.9 Å². The van der Waals surface area contributed by atoms with Crippen molar-refractivity contribution in [1.29, 1.82) is 0 Å². The molecule has 32 heavy (non-hydrogen) atoms. The number of nitrogens with two attached hydrogens (primary N) is 1. The van der Waals surface area contributed by atoms with E-state index >= 15 is 0 Å². The Kier molecular flexibility index (Phi) is 12.0. The lowest BCUT2D eigenvalue weighted by Crippen LogP contribution is -2.32. The van der Waals surface area contributed by atoms with Gasteiger partial charge in [-0.15, -0.1) is 11.3 Å². The molecular weight excluding hydrogens is 444 g/mol. The fraction of sp³-hybridized carbons (Fsp3) is 0.478. The molecule has 7 nitrogen and oxygen atoms in total. The lowest BCUT2D eigenvalue weighted by molar-refractivity contribution is -0.130. The summed E-state index contributed by atoms with van der Waals surface area (Å²) in [5, 5.41) is 2.64. The molecule has 3 rings (SSSR count). The summed E-state index contributed by atoms with van der Waals surface area (Å²) in [7, 11) is 0. The van der Waals surface area contributed by atoms with Crippen molar-refractivity contribution in [3.63, 3.8) is 0 Å². The van der Waals surface area contributed by atoms with E-state index in [1.54, 1.807) is 11.3 Å². The summed E-state index contributed by atoms with van der Waals surface area (Å²) in [6.07, 6.45) is 3.59. The van der Waals surface area contributed by atoms with Gasteiger partial charge in [-0.25, -0.2) is 4.98 Å². The van der Waals surface area contributed by atoms with Crippen LogP contribution in [0.4, 0.5) is 0 Å². The molecular formula is C23H34N4O3S2. The van der Waals surface area contributed by atoms with Crippen LogP contribution in [0.15, 0.2) is 29.8 Å². The number of rotatable bonds is 6. The van der Waals surface area contributed by atoms with Gasteiger partial charge in [-0.3, -0.25) is 14.4 Å². The topological polar surface area (TPSA) is 105 Å². The lowest BCUT2D eigenvalue weighted by Gasteiger charge is -2.21. The minimum Gasteiger partial charge on any atom is -0.370 e. The van der Waals surface area contributed by atoms with Crippen molar-refractivity contribution in [2.24, 2.45) is 5.73 Å². The molecule has 2 heterocycles. The molecule has 0 atom stereocenters. The van der Waals surface area contributed by atoms with E-state index in [4.69, 9.17) is 0 Å². The number of hydrogen-bond donors (Lipinski definition) is 3. The minimum absolute atomic E-state index is 0.167. The summed E-state index contributed by atoms with van der Waals surface area (Å²) in [5.41, 5.74) is 9.66. The summed E-state index contributed by atoms with van der Waals surface area (Å²) in [4.78, 5) is 38.3. The van der Waals surface area contributed by atoms with Gasteiger partial charge in [0.15, 0.2) is 0 Å². The van der Waals surface area contributed by atoms with Gasteiger partial charge in [0.1, 0.15) is 0 Å². The quantitative estimate of drug-likeness (QED) is 0.436. The Labute approximate surface area is 200 Å². The van der Waals surface area contributed by atoms with Gasteiger partial charge in [0.05, 0.1) is 16.1 Å². The number of thiazole rings is 1. The van der Waals surface area contributed by atoms with E-state index in [2.05, 4.69) is 40.8 Å². The molecule has 1 fully saturated rings. The van der Waals surface area contributed by atoms with Crippen molar-refractivity contribution in [2.75, 3.05) is 13.1 Å². The van der Waals surface area contributed by atoms with Crippen molar-refractivity contribution >= 4 is 42.2 Å². The smallest absolute Gasteiger partial charge is 0.223 e. The van der Waals surface area contributed by atoms with Crippen molar-refractivity contribution < 1.29 is 14.4 Å². The first-order valence-electron chi connectivity index (χ1n) is 10.5. The van der Waals surface area contributed by atoms with Crippen LogP contribution in [-0.2, 0) is 20.9 Å². The summed E-state index contributed by atoms with van der Waals surface area (Å²) >= 11 is 5.98. The van der Waals surface area contributed by atoms with Gasteiger partial charge < -0.3 is 16.0 Å². The Balaban J connectivity index is 0.000000283. The van der Waals surface area contributed by atoms with E-state index in [9.17, 15) is 14.4 Å². The Morgan fingerprint density at radius 2 is 1.81 bits per heavy atom. The number of amides is 3. The minimum atomic E-state index is -0.333. The van der Waals surface area contributed by atoms with Crippen LogP contribution in [-0.4, -0.2) is 45.9 Å². The number of carbonyl (C=O) groups is 3. The highest BCUT2D eigenvalue weighted by atomic mass is 32.1. The number of nitrogens with zero attached hydrogens (tertiary/aromatic N) is 2. The van der Waals surface area contributed by atoms with E-state index in [-0.39, 0.29) is 16.6 Å². The molecule has 0 aliphatic carbocycles. The highest BCUT2D eigenvalue weighted by Crippen LogP contribution is 2.27. The summed E-state index contributed by atoms with van der Waals surface area (Å²) < 4.78 is -0.167. The third-order valence-corrected chi connectivity index (χ3v) is 5.53. The zero-order chi connectivity index (χ0) is 24.1. The second kappa shape index (κ2) is 13.9. The Hall–Kier alpha value is -2.39. The van der Waals surface area contributed by atoms with Gasteiger partial charge in [0.2, 0.25) is 18.2 Å². The number of thiol groups is 1. The Morgan fingerprint density at radius 3 is 2.25 bits per heavy atom. The average Bonchev–Trinajstić information content (AvgIpc) is 3.37. The van der Waals surface area contributed by atoms with Gasteiger partial charge in [-0.2, -0.15) is 12.6 Å². The van der Waals surface area contributed by atoms with Crippen LogP contribution in [0, 0.1) is 6.92 Å². The fourth-order valence-corrected chi connectivity index (χ4v) is 3.91. The summed E-state index contributed by atoms with van der Waals surface area (Å²) in [5.74, 6) is -0.0764. The number of aromatic nitrogens is 1. The molecule has 0 bridgehead atoms. The molecule has 1 aliphatic heterocycles. The van der Waals surface area contributed by atoms with Crippen LogP contribution in [0.3, 0.4) is 0 Å². The molecule has 1 aromatic carbocycles. The van der Waals surface area contributed by atoms with Crippen LogP contribution in [0.2, 0.25) is 0 Å². The number of hydrogen-bond acceptors (Lipinski definition) is 6. The number of carbonyl (C=O) groups excluding carboxylic acids is 3. The third-order valence-electron chi connectivity index (χ3n) is 4.39. The second-order valence-electron chi connectivity index (χ2n) is 8.15. The highest BCUT2D eigenvalue weighted by Gasteiger charge is 2.23. The maximum atomic E-state index is 11.5. The molecule has 176 valence electrons. The zero-order valence-corrected chi connectivity index (χ0v) is 21.0. The molecule has 3 amide bonds. The number of primary amides is 1. The fourth-order valence-electron chi connectivity index (χ4n) is 2.96. The van der Waals surface area contributed by atoms with E-state index < -0.39 is 0 Å². The van der Waals surface area contributed by atoms with Gasteiger partial charge >= 0.3 is 0 Å². The zero-order valence-electron chi connectivity index (χ0n) is 19.3. The first-order valence-corrected chi connectivity index (χ1v) is 11.8. The Bertz CT molecular complexity index is 851. The molecule has 1 saturated heterocycles. The molecule has 0 spiro atoms. The van der Waals surface area contributed by atoms with Crippen molar-refractivity contribution in [2.45, 2.75) is 58.2 Å². The number of nitrogens with one attached hydrogen (secondary N) is 1. The average molecular weight is 479 g/mol. The summed E-state index contributed by atoms with van der Waals surface area (Å²) in [6, 6.07) is 8.15. The first-order chi connectivity index (χ1) is 15.0. The first kappa shape index (κ1) is 27.6. The van der Waals surface area contributed by atoms with Crippen LogP contribution in [0.5, 0.6) is 0 Å². The van der Waals surface area contributed by atoms with Crippen LogP contribution in [0.1, 0.15) is 51.3 Å². The van der Waals surface area contributed by atoms with Crippen LogP contribution in [0.25, 0.3) is 10.4 Å². The van der Waals surface area contributed by atoms with Gasteiger partial charge in [-0.1, -0.05) is 38.1 Å². The number of aryl methyl sites for hydroxylation is 1. The van der Waals surface area contributed by atoms with E-state index in [0.717, 1.165) is 24.3 Å². The second-order valence-corrected chi connectivity index (χ2v) is 10.2. The molecule has 0 saturated carbocycles. The predicted molar refractivity (Wildman–Crippen MR) is 134 cm³/mol. The summed E-state index contributed by atoms with van der Waals surface area (Å²) in [6.45, 7) is 9.73. The molecule has 3 N–H and O–H groups in total. The predicted octanol–water partition coefficient (Wildman–Crippen LogP) is 3.56. The van der Waals surface area contributed by atoms with Crippen LogP contribution >= 0.6 is 24.0 Å². The molecule has 0 unspecified atom stereocenters. The van der Waals surface area contributed by atoms with Crippen molar-refractivity contribution in [3.8, 4) is 10.4 Å². The monoisotopic (exact) mass is 478 g/mol. The van der Waals surface area contributed by atoms with E-state index in [1.165, 1.54) is 30.2 Å². The van der Waals surface area contributed by atoms with Crippen molar-refractivity contribution in [3.05, 3.63) is 41.0 Å². The Morgan fingerprint density at radius 1 is 1.25 bits per heavy atom. The maximum absolute atomic E-state index is 11.5. The lowest BCUT2D eigenvalue weighted by atomic mass is 10.1. The molecule has 2 aromatic rings. The molecule has 0 radical (unpaired) electrons. The normalized spacial score (nSPS) is 12.7. The highest BCUT2D eigenvalue weighted by molar-refractivity contribution is 7.81. The SMILES string of the molecule is CC(C)(S)CC(=O)N1CCCC1.CC(N)=O.Cc1ncsc1-c1ccc(CNC=O)cc1. The largest absolute Gasteiger partial charge is 0.370 e. The van der Waals surface area contributed by atoms with Gasteiger partial charge in [0, 0.05) is 37.7 Å². The van der Waals surface area contributed by atoms with Crippen molar-refractivity contribution in [1.82, 2.24) is 15.2 Å². The van der Waals surface area contributed by atoms with Gasteiger partial charge in [0.25, 0.3) is 0 Å².